The van der Waals surface area contributed by atoms with Crippen LogP contribution in [0.2, 0.25) is 0 Å². The number of nitrogens with one attached hydrogen (secondary N) is 1. The molecule has 3 rings (SSSR count). The van der Waals surface area contributed by atoms with E-state index in [2.05, 4.69) is 34.5 Å². The van der Waals surface area contributed by atoms with Crippen LogP contribution in [0, 0.1) is 16.3 Å². The molecular weight excluding hydrogens is 587 g/mol. The number of ether oxygens (including phenoxy) is 1. The Bertz CT molecular complexity index is 1060. The summed E-state index contributed by atoms with van der Waals surface area (Å²) in [5.74, 6) is -1.11. The summed E-state index contributed by atoms with van der Waals surface area (Å²) in [6, 6.07) is 7.42. The van der Waals surface area contributed by atoms with Crippen LogP contribution in [0.5, 0.6) is 0 Å². The zero-order chi connectivity index (χ0) is 19.7. The van der Waals surface area contributed by atoms with Gasteiger partial charge in [0, 0.05) is 15.3 Å². The SMILES string of the molecule is C=CC[n+]1cn(C)c2cc(C(=O)OC)c(Nc3ccc(I)cc3C)c(F)c21.[I-]. The largest absolute Gasteiger partial charge is 1.00 e. The first-order valence-corrected chi connectivity index (χ1v) is 9.38. The summed E-state index contributed by atoms with van der Waals surface area (Å²) in [6.45, 7) is 6.11. The van der Waals surface area contributed by atoms with Gasteiger partial charge in [0.1, 0.15) is 6.54 Å². The quantitative estimate of drug-likeness (QED) is 0.206. The Morgan fingerprint density at radius 1 is 1.43 bits per heavy atom. The van der Waals surface area contributed by atoms with E-state index in [1.165, 1.54) is 7.11 Å². The number of allylic oxidation sites excluding steroid dienone is 1. The summed E-state index contributed by atoms with van der Waals surface area (Å²) in [4.78, 5) is 12.3. The fourth-order valence-corrected chi connectivity index (χ4v) is 3.72. The smallest absolute Gasteiger partial charge is 0.340 e. The normalized spacial score (nSPS) is 10.5. The molecule has 28 heavy (non-hydrogen) atoms. The molecule has 0 fully saturated rings. The predicted molar refractivity (Wildman–Crippen MR) is 112 cm³/mol. The summed E-state index contributed by atoms with van der Waals surface area (Å²) in [5, 5.41) is 3.09. The molecule has 5 nitrogen and oxygen atoms in total. The van der Waals surface area contributed by atoms with Crippen LogP contribution in [0.3, 0.4) is 0 Å². The minimum Gasteiger partial charge on any atom is -1.00 e. The van der Waals surface area contributed by atoms with Crippen LogP contribution >= 0.6 is 22.6 Å². The third-order valence-electron chi connectivity index (χ3n) is 4.38. The third kappa shape index (κ3) is 4.17. The van der Waals surface area contributed by atoms with E-state index in [9.17, 15) is 4.79 Å². The number of benzene rings is 2. The number of halogens is 3. The van der Waals surface area contributed by atoms with Gasteiger partial charge in [0.05, 0.1) is 25.4 Å². The van der Waals surface area contributed by atoms with Crippen molar-refractivity contribution < 1.29 is 42.5 Å². The highest BCUT2D eigenvalue weighted by Crippen LogP contribution is 2.32. The van der Waals surface area contributed by atoms with E-state index >= 15 is 4.39 Å². The zero-order valence-electron chi connectivity index (χ0n) is 15.7. The topological polar surface area (TPSA) is 47.1 Å². The lowest BCUT2D eigenvalue weighted by Gasteiger charge is -2.14. The molecule has 1 heterocycles. The van der Waals surface area contributed by atoms with Gasteiger partial charge in [0.2, 0.25) is 11.8 Å². The lowest BCUT2D eigenvalue weighted by molar-refractivity contribution is -0.662. The summed E-state index contributed by atoms with van der Waals surface area (Å²) in [5.41, 5.74) is 2.92. The van der Waals surface area contributed by atoms with Crippen LogP contribution in [0.15, 0.2) is 43.2 Å². The highest BCUT2D eigenvalue weighted by Gasteiger charge is 2.27. The van der Waals surface area contributed by atoms with Gasteiger partial charge in [-0.15, -0.1) is 0 Å². The Balaban J connectivity index is 0.00000280. The van der Waals surface area contributed by atoms with Gasteiger partial charge in [-0.2, -0.15) is 4.39 Å². The van der Waals surface area contributed by atoms with Crippen molar-refractivity contribution in [2.75, 3.05) is 12.4 Å². The first kappa shape index (κ1) is 22.6. The number of carbonyl (C=O) groups is 1. The van der Waals surface area contributed by atoms with Gasteiger partial charge in [-0.1, -0.05) is 12.7 Å². The van der Waals surface area contributed by atoms with Crippen LogP contribution < -0.4 is 33.9 Å². The van der Waals surface area contributed by atoms with Crippen molar-refractivity contribution in [3.05, 3.63) is 63.8 Å². The highest BCUT2D eigenvalue weighted by molar-refractivity contribution is 14.1. The summed E-state index contributed by atoms with van der Waals surface area (Å²) >= 11 is 2.22. The molecule has 0 amide bonds. The number of rotatable bonds is 5. The highest BCUT2D eigenvalue weighted by atomic mass is 127. The molecular formula is C20H20FI2N3O2. The third-order valence-corrected chi connectivity index (χ3v) is 5.05. The molecule has 0 saturated carbocycles. The Labute approximate surface area is 193 Å². The molecule has 8 heteroatoms. The van der Waals surface area contributed by atoms with E-state index in [-0.39, 0.29) is 35.2 Å². The maximum atomic E-state index is 15.6. The van der Waals surface area contributed by atoms with Crippen LogP contribution in [0.4, 0.5) is 15.8 Å². The van der Waals surface area contributed by atoms with E-state index in [1.54, 1.807) is 34.7 Å². The van der Waals surface area contributed by atoms with Crippen molar-refractivity contribution in [3.63, 3.8) is 0 Å². The fraction of sp³-hybridized carbons (Fsp3) is 0.200. The van der Waals surface area contributed by atoms with E-state index in [0.717, 1.165) is 14.8 Å². The molecule has 0 bridgehead atoms. The summed E-state index contributed by atoms with van der Waals surface area (Å²) < 4.78 is 25.1. The number of nitrogens with zero attached hydrogens (tertiary/aromatic N) is 2. The Hall–Kier alpha value is -1.69. The number of aromatic nitrogens is 2. The molecule has 148 valence electrons. The van der Waals surface area contributed by atoms with Gasteiger partial charge in [-0.05, 0) is 53.3 Å². The van der Waals surface area contributed by atoms with E-state index in [1.807, 2.05) is 25.1 Å². The number of fused-ring (bicyclic) bond motifs is 1. The van der Waals surface area contributed by atoms with E-state index in [4.69, 9.17) is 4.74 Å². The molecule has 0 atom stereocenters. The van der Waals surface area contributed by atoms with E-state index < -0.39 is 11.8 Å². The molecule has 0 aliphatic rings. The average molecular weight is 607 g/mol. The van der Waals surface area contributed by atoms with Crippen molar-refractivity contribution in [2.24, 2.45) is 7.05 Å². The minimum atomic E-state index is -0.599. The van der Waals surface area contributed by atoms with Gasteiger partial charge >= 0.3 is 5.97 Å². The number of aryl methyl sites for hydroxylation is 2. The number of hydrogen-bond donors (Lipinski definition) is 1. The average Bonchev–Trinajstić information content (AvgIpc) is 2.94. The van der Waals surface area contributed by atoms with Crippen molar-refractivity contribution >= 4 is 51.0 Å². The van der Waals surface area contributed by atoms with Crippen LogP contribution in [0.1, 0.15) is 15.9 Å². The molecule has 1 aromatic heterocycles. The van der Waals surface area contributed by atoms with Gasteiger partial charge < -0.3 is 34.0 Å². The molecule has 1 N–H and O–H groups in total. The molecule has 2 aromatic carbocycles. The van der Waals surface area contributed by atoms with Crippen LogP contribution in [-0.4, -0.2) is 17.6 Å². The first-order valence-electron chi connectivity index (χ1n) is 8.30. The van der Waals surface area contributed by atoms with Crippen molar-refractivity contribution in [1.29, 1.82) is 0 Å². The number of methoxy groups -OCH3 is 1. The molecule has 0 aliphatic carbocycles. The van der Waals surface area contributed by atoms with Crippen molar-refractivity contribution in [1.82, 2.24) is 4.57 Å². The standard InChI is InChI=1S/C20H19FIN3O2.HI/c1-5-8-25-11-24(3)16-10-14(20(26)27-4)18(17(21)19(16)25)23-15-7-6-13(22)9-12(15)2;/h5-7,9-11H,1,8H2,2-4H3;1H. The molecule has 0 saturated heterocycles. The van der Waals surface area contributed by atoms with Crippen LogP contribution in [0.25, 0.3) is 11.0 Å². The molecule has 0 unspecified atom stereocenters. The second-order valence-electron chi connectivity index (χ2n) is 6.22. The number of hydrogen-bond acceptors (Lipinski definition) is 3. The molecule has 0 radical (unpaired) electrons. The summed E-state index contributed by atoms with van der Waals surface area (Å²) in [7, 11) is 3.09. The Kier molecular flexibility index (Phi) is 7.43. The molecule has 3 aromatic rings. The second kappa shape index (κ2) is 9.21. The number of anilines is 2. The number of carbonyl (C=O) groups excluding carboxylic acids is 1. The van der Waals surface area contributed by atoms with Gasteiger partial charge in [0.25, 0.3) is 0 Å². The first-order chi connectivity index (χ1) is 12.9. The number of imidazole rings is 1. The van der Waals surface area contributed by atoms with Crippen LogP contribution in [-0.2, 0) is 18.3 Å². The monoisotopic (exact) mass is 607 g/mol. The maximum absolute atomic E-state index is 15.6. The predicted octanol–water partition coefficient (Wildman–Crippen LogP) is 1.24. The summed E-state index contributed by atoms with van der Waals surface area (Å²) in [6.07, 6.45) is 3.47. The lowest BCUT2D eigenvalue weighted by Crippen LogP contribution is -3.00. The molecule has 0 aliphatic heterocycles. The van der Waals surface area contributed by atoms with Gasteiger partial charge in [-0.25, -0.2) is 13.9 Å². The maximum Gasteiger partial charge on any atom is 0.340 e. The fourth-order valence-electron chi connectivity index (χ4n) is 3.07. The Morgan fingerprint density at radius 2 is 2.14 bits per heavy atom. The zero-order valence-corrected chi connectivity index (χ0v) is 20.0. The Morgan fingerprint density at radius 3 is 2.75 bits per heavy atom. The van der Waals surface area contributed by atoms with Gasteiger partial charge in [0.15, 0.2) is 11.3 Å². The lowest BCUT2D eigenvalue weighted by atomic mass is 10.1. The number of esters is 1. The second-order valence-corrected chi connectivity index (χ2v) is 7.47. The van der Waals surface area contributed by atoms with E-state index in [0.29, 0.717) is 17.6 Å². The van der Waals surface area contributed by atoms with Crippen molar-refractivity contribution in [2.45, 2.75) is 13.5 Å². The van der Waals surface area contributed by atoms with Crippen molar-refractivity contribution in [3.8, 4) is 0 Å². The molecule has 0 spiro atoms. The minimum absolute atomic E-state index is 0. The van der Waals surface area contributed by atoms with Gasteiger partial charge in [-0.3, -0.25) is 0 Å².